The van der Waals surface area contributed by atoms with Gasteiger partial charge in [-0.1, -0.05) is 73.2 Å². The van der Waals surface area contributed by atoms with Gasteiger partial charge in [0.25, 0.3) is 10.0 Å². The Bertz CT molecular complexity index is 1080. The van der Waals surface area contributed by atoms with Gasteiger partial charge >= 0.3 is 6.03 Å². The van der Waals surface area contributed by atoms with Crippen LogP contribution in [-0.2, 0) is 10.0 Å². The van der Waals surface area contributed by atoms with Crippen molar-refractivity contribution < 1.29 is 13.2 Å². The van der Waals surface area contributed by atoms with Gasteiger partial charge in [-0.3, -0.25) is 4.90 Å². The zero-order chi connectivity index (χ0) is 21.6. The summed E-state index contributed by atoms with van der Waals surface area (Å²) in [5, 5.41) is 1.13. The van der Waals surface area contributed by atoms with E-state index in [1.807, 2.05) is 50.2 Å². The SMILES string of the molecule is CC/C(=C/S(=O)(=O)NC(=O)N(c1ccccc1)c1ccccc1)c1ccc(C)cc1. The molecular formula is C24H24N2O3S. The van der Waals surface area contributed by atoms with Gasteiger partial charge in [0.15, 0.2) is 0 Å². The summed E-state index contributed by atoms with van der Waals surface area (Å²) in [5.41, 5.74) is 3.65. The molecule has 0 atom stereocenters. The summed E-state index contributed by atoms with van der Waals surface area (Å²) >= 11 is 0. The van der Waals surface area contributed by atoms with E-state index in [1.54, 1.807) is 48.5 Å². The molecule has 154 valence electrons. The third-order valence-corrected chi connectivity index (χ3v) is 5.62. The molecule has 1 N–H and O–H groups in total. The lowest BCUT2D eigenvalue weighted by molar-refractivity contribution is 0.253. The molecule has 0 saturated carbocycles. The van der Waals surface area contributed by atoms with E-state index in [0.717, 1.165) is 16.5 Å². The molecule has 0 spiro atoms. The summed E-state index contributed by atoms with van der Waals surface area (Å²) in [6.07, 6.45) is 0.513. The monoisotopic (exact) mass is 420 g/mol. The van der Waals surface area contributed by atoms with Crippen LogP contribution in [0.3, 0.4) is 0 Å². The number of aryl methyl sites for hydroxylation is 1. The van der Waals surface area contributed by atoms with E-state index in [9.17, 15) is 13.2 Å². The van der Waals surface area contributed by atoms with Gasteiger partial charge in [0, 0.05) is 0 Å². The predicted molar refractivity (Wildman–Crippen MR) is 122 cm³/mol. The first kappa shape index (κ1) is 21.3. The Morgan fingerprint density at radius 3 is 1.83 bits per heavy atom. The van der Waals surface area contributed by atoms with Gasteiger partial charge in [0.1, 0.15) is 0 Å². The summed E-state index contributed by atoms with van der Waals surface area (Å²) in [5.74, 6) is 0. The zero-order valence-corrected chi connectivity index (χ0v) is 17.8. The molecule has 6 heteroatoms. The Morgan fingerprint density at radius 2 is 1.37 bits per heavy atom. The van der Waals surface area contributed by atoms with Crippen molar-refractivity contribution in [3.05, 3.63) is 101 Å². The van der Waals surface area contributed by atoms with Crippen molar-refractivity contribution in [1.82, 2.24) is 4.72 Å². The number of benzene rings is 3. The van der Waals surface area contributed by atoms with Gasteiger partial charge in [-0.05, 0) is 48.7 Å². The minimum absolute atomic E-state index is 0.513. The molecule has 0 saturated heterocycles. The number of nitrogens with zero attached hydrogens (tertiary/aromatic N) is 1. The summed E-state index contributed by atoms with van der Waals surface area (Å²) in [6, 6.07) is 24.7. The number of carbonyl (C=O) groups is 1. The van der Waals surface area contributed by atoms with Crippen LogP contribution in [0, 0.1) is 6.92 Å². The van der Waals surface area contributed by atoms with E-state index in [1.165, 1.54) is 4.90 Å². The topological polar surface area (TPSA) is 66.5 Å². The van der Waals surface area contributed by atoms with Gasteiger partial charge in [-0.25, -0.2) is 17.9 Å². The van der Waals surface area contributed by atoms with Crippen molar-refractivity contribution >= 4 is 33.0 Å². The number of nitrogens with one attached hydrogen (secondary N) is 1. The van der Waals surface area contributed by atoms with E-state index in [0.29, 0.717) is 23.4 Å². The normalized spacial score (nSPS) is 11.7. The molecule has 0 heterocycles. The molecule has 0 bridgehead atoms. The Kier molecular flexibility index (Phi) is 6.69. The molecule has 3 aromatic rings. The molecule has 30 heavy (non-hydrogen) atoms. The van der Waals surface area contributed by atoms with Crippen LogP contribution in [0.1, 0.15) is 24.5 Å². The van der Waals surface area contributed by atoms with Gasteiger partial charge in [-0.15, -0.1) is 0 Å². The lowest BCUT2D eigenvalue weighted by Gasteiger charge is -2.23. The summed E-state index contributed by atoms with van der Waals surface area (Å²) in [4.78, 5) is 14.4. The van der Waals surface area contributed by atoms with E-state index >= 15 is 0 Å². The molecule has 3 rings (SSSR count). The number of hydrogen-bond acceptors (Lipinski definition) is 3. The Hall–Kier alpha value is -3.38. The van der Waals surface area contributed by atoms with Crippen molar-refractivity contribution in [1.29, 1.82) is 0 Å². The maximum atomic E-state index is 13.0. The van der Waals surface area contributed by atoms with Crippen LogP contribution in [0.4, 0.5) is 16.2 Å². The first-order valence-corrected chi connectivity index (χ1v) is 11.2. The van der Waals surface area contributed by atoms with E-state index in [4.69, 9.17) is 0 Å². The number of para-hydroxylation sites is 2. The summed E-state index contributed by atoms with van der Waals surface area (Å²) in [7, 11) is -4.01. The maximum Gasteiger partial charge on any atom is 0.340 e. The van der Waals surface area contributed by atoms with Crippen molar-refractivity contribution in [2.75, 3.05) is 4.90 Å². The van der Waals surface area contributed by atoms with Crippen molar-refractivity contribution in [2.24, 2.45) is 0 Å². The Labute approximate surface area is 177 Å². The quantitative estimate of drug-likeness (QED) is 0.562. The third-order valence-electron chi connectivity index (χ3n) is 4.56. The van der Waals surface area contributed by atoms with Crippen LogP contribution in [-0.4, -0.2) is 14.4 Å². The second kappa shape index (κ2) is 9.41. The average molecular weight is 421 g/mol. The fourth-order valence-corrected chi connectivity index (χ4v) is 4.12. The number of anilines is 2. The first-order chi connectivity index (χ1) is 14.4. The minimum Gasteiger partial charge on any atom is -0.262 e. The predicted octanol–water partition coefficient (Wildman–Crippen LogP) is 5.62. The second-order valence-corrected chi connectivity index (χ2v) is 8.35. The highest BCUT2D eigenvalue weighted by Crippen LogP contribution is 2.25. The Balaban J connectivity index is 1.91. The van der Waals surface area contributed by atoms with Crippen LogP contribution >= 0.6 is 0 Å². The molecule has 0 aromatic heterocycles. The number of sulfonamides is 1. The largest absolute Gasteiger partial charge is 0.340 e. The number of urea groups is 1. The molecule has 0 aliphatic rings. The molecule has 0 aliphatic heterocycles. The summed E-state index contributed by atoms with van der Waals surface area (Å²) in [6.45, 7) is 3.85. The lowest BCUT2D eigenvalue weighted by Crippen LogP contribution is -2.39. The lowest BCUT2D eigenvalue weighted by atomic mass is 10.0. The van der Waals surface area contributed by atoms with Crippen molar-refractivity contribution in [3.63, 3.8) is 0 Å². The standard InChI is InChI=1S/C24H24N2O3S/c1-3-20(21-16-14-19(2)15-17-21)18-30(28,29)25-24(27)26(22-10-6-4-7-11-22)23-12-8-5-9-13-23/h4-18H,3H2,1-2H3,(H,25,27)/b20-18-. The smallest absolute Gasteiger partial charge is 0.262 e. The van der Waals surface area contributed by atoms with Crippen LogP contribution < -0.4 is 9.62 Å². The van der Waals surface area contributed by atoms with Gasteiger partial charge < -0.3 is 0 Å². The molecular weight excluding hydrogens is 396 g/mol. The average Bonchev–Trinajstić information content (AvgIpc) is 2.74. The molecule has 3 aromatic carbocycles. The van der Waals surface area contributed by atoms with Gasteiger partial charge in [0.05, 0.1) is 16.8 Å². The van der Waals surface area contributed by atoms with E-state index in [-0.39, 0.29) is 0 Å². The number of allylic oxidation sites excluding steroid dienone is 1. The highest BCUT2D eigenvalue weighted by molar-refractivity contribution is 7.93. The van der Waals surface area contributed by atoms with Crippen LogP contribution in [0.15, 0.2) is 90.3 Å². The third kappa shape index (κ3) is 5.36. The van der Waals surface area contributed by atoms with Crippen LogP contribution in [0.25, 0.3) is 5.57 Å². The molecule has 0 fully saturated rings. The van der Waals surface area contributed by atoms with E-state index < -0.39 is 16.1 Å². The molecule has 0 radical (unpaired) electrons. The van der Waals surface area contributed by atoms with Crippen molar-refractivity contribution in [2.45, 2.75) is 20.3 Å². The molecule has 2 amide bonds. The fourth-order valence-electron chi connectivity index (χ4n) is 3.04. The molecule has 0 unspecified atom stereocenters. The second-order valence-electron chi connectivity index (χ2n) is 6.82. The van der Waals surface area contributed by atoms with E-state index in [2.05, 4.69) is 4.72 Å². The highest BCUT2D eigenvalue weighted by Gasteiger charge is 2.22. The zero-order valence-electron chi connectivity index (χ0n) is 16.9. The molecule has 0 aliphatic carbocycles. The van der Waals surface area contributed by atoms with Crippen LogP contribution in [0.5, 0.6) is 0 Å². The fraction of sp³-hybridized carbons (Fsp3) is 0.125. The Morgan fingerprint density at radius 1 is 0.867 bits per heavy atom. The number of hydrogen-bond donors (Lipinski definition) is 1. The van der Waals surface area contributed by atoms with Gasteiger partial charge in [0.2, 0.25) is 0 Å². The first-order valence-electron chi connectivity index (χ1n) is 9.64. The minimum atomic E-state index is -4.01. The van der Waals surface area contributed by atoms with Crippen molar-refractivity contribution in [3.8, 4) is 0 Å². The summed E-state index contributed by atoms with van der Waals surface area (Å²) < 4.78 is 27.7. The maximum absolute atomic E-state index is 13.0. The van der Waals surface area contributed by atoms with Gasteiger partial charge in [-0.2, -0.15) is 0 Å². The highest BCUT2D eigenvalue weighted by atomic mass is 32.2. The number of amides is 2. The number of carbonyl (C=O) groups excluding carboxylic acids is 1. The van der Waals surface area contributed by atoms with Crippen LogP contribution in [0.2, 0.25) is 0 Å². The number of rotatable bonds is 6. The molecule has 5 nitrogen and oxygen atoms in total.